The average molecular weight is 483 g/mol. The van der Waals surface area contributed by atoms with Gasteiger partial charge in [-0.25, -0.2) is 0 Å². The van der Waals surface area contributed by atoms with Crippen LogP contribution in [0.15, 0.2) is 24.3 Å². The summed E-state index contributed by atoms with van der Waals surface area (Å²) in [5.74, 6) is 5.37. The number of aromatic nitrogens is 2. The van der Waals surface area contributed by atoms with E-state index in [0.29, 0.717) is 42.7 Å². The SMILES string of the molecule is C[C@H]1C[C@H](C)CN(c2cc(N3CCCC3)nc(NC(=S)NCc3ccc4c(c3)OCCO4)n2)C1. The minimum absolute atomic E-state index is 0.500. The molecule has 0 spiro atoms. The summed E-state index contributed by atoms with van der Waals surface area (Å²) in [4.78, 5) is 14.4. The van der Waals surface area contributed by atoms with Gasteiger partial charge in [-0.3, -0.25) is 0 Å². The van der Waals surface area contributed by atoms with Crippen molar-refractivity contribution in [2.75, 3.05) is 54.5 Å². The van der Waals surface area contributed by atoms with E-state index >= 15 is 0 Å². The fourth-order valence-corrected chi connectivity index (χ4v) is 5.29. The zero-order valence-corrected chi connectivity index (χ0v) is 20.9. The standard InChI is InChI=1S/C25H34N6O2S/c1-17-11-18(2)16-31(15-17)23-13-22(30-7-3-4-8-30)27-24(28-23)29-25(34)26-14-19-5-6-20-21(12-19)33-10-9-32-20/h5-6,12-13,17-18H,3-4,7-11,14-16H2,1-2H3,(H2,26,27,28,29,34)/t17-,18-/m0/s1. The Hall–Kier alpha value is -2.81. The number of fused-ring (bicyclic) bond motifs is 1. The fraction of sp³-hybridized carbons (Fsp3) is 0.560. The monoisotopic (exact) mass is 482 g/mol. The lowest BCUT2D eigenvalue weighted by molar-refractivity contribution is 0.171. The third-order valence-electron chi connectivity index (χ3n) is 6.61. The van der Waals surface area contributed by atoms with Crippen molar-refractivity contribution in [3.05, 3.63) is 29.8 Å². The third kappa shape index (κ3) is 5.46. The van der Waals surface area contributed by atoms with Gasteiger partial charge in [-0.05, 0) is 61.0 Å². The summed E-state index contributed by atoms with van der Waals surface area (Å²) in [6.07, 6.45) is 3.67. The van der Waals surface area contributed by atoms with E-state index in [1.807, 2.05) is 18.2 Å². The molecule has 34 heavy (non-hydrogen) atoms. The molecule has 4 heterocycles. The van der Waals surface area contributed by atoms with Crippen LogP contribution < -0.4 is 29.9 Å². The Morgan fingerprint density at radius 1 is 0.971 bits per heavy atom. The van der Waals surface area contributed by atoms with Gasteiger partial charge in [-0.15, -0.1) is 0 Å². The molecule has 182 valence electrons. The maximum Gasteiger partial charge on any atom is 0.232 e. The van der Waals surface area contributed by atoms with E-state index in [-0.39, 0.29) is 0 Å². The molecule has 2 fully saturated rings. The first-order valence-corrected chi connectivity index (χ1v) is 12.8. The number of nitrogens with one attached hydrogen (secondary N) is 2. The van der Waals surface area contributed by atoms with E-state index in [2.05, 4.69) is 40.3 Å². The molecule has 2 N–H and O–H groups in total. The third-order valence-corrected chi connectivity index (χ3v) is 6.85. The summed E-state index contributed by atoms with van der Waals surface area (Å²) >= 11 is 5.59. The van der Waals surface area contributed by atoms with Crippen molar-refractivity contribution in [2.45, 2.75) is 39.7 Å². The van der Waals surface area contributed by atoms with Gasteiger partial charge in [-0.1, -0.05) is 19.9 Å². The molecule has 0 saturated carbocycles. The van der Waals surface area contributed by atoms with Crippen molar-refractivity contribution >= 4 is 34.9 Å². The van der Waals surface area contributed by atoms with Gasteiger partial charge >= 0.3 is 0 Å². The van der Waals surface area contributed by atoms with Crippen LogP contribution in [0.25, 0.3) is 0 Å². The van der Waals surface area contributed by atoms with Gasteiger partial charge < -0.3 is 29.9 Å². The molecular formula is C25H34N6O2S. The van der Waals surface area contributed by atoms with Crippen LogP contribution in [0.4, 0.5) is 17.6 Å². The Morgan fingerprint density at radius 2 is 1.65 bits per heavy atom. The highest BCUT2D eigenvalue weighted by atomic mass is 32.1. The number of hydrogen-bond acceptors (Lipinski definition) is 7. The van der Waals surface area contributed by atoms with Crippen LogP contribution in [0, 0.1) is 11.8 Å². The molecule has 0 amide bonds. The second-order valence-corrected chi connectivity index (χ2v) is 10.1. The highest BCUT2D eigenvalue weighted by Crippen LogP contribution is 2.31. The van der Waals surface area contributed by atoms with Crippen molar-refractivity contribution < 1.29 is 9.47 Å². The van der Waals surface area contributed by atoms with E-state index in [1.54, 1.807) is 0 Å². The number of anilines is 3. The first kappa shape index (κ1) is 23.0. The van der Waals surface area contributed by atoms with E-state index in [4.69, 9.17) is 31.7 Å². The highest BCUT2D eigenvalue weighted by molar-refractivity contribution is 7.80. The van der Waals surface area contributed by atoms with Gasteiger partial charge in [0.2, 0.25) is 5.95 Å². The van der Waals surface area contributed by atoms with Gasteiger partial charge in [0.15, 0.2) is 16.6 Å². The Morgan fingerprint density at radius 3 is 2.38 bits per heavy atom. The molecule has 2 saturated heterocycles. The summed E-state index contributed by atoms with van der Waals surface area (Å²) in [6, 6.07) is 8.10. The molecule has 8 nitrogen and oxygen atoms in total. The Balaban J connectivity index is 1.29. The molecule has 0 radical (unpaired) electrons. The van der Waals surface area contributed by atoms with E-state index in [0.717, 1.165) is 54.9 Å². The Kier molecular flexibility index (Phi) is 6.89. The summed E-state index contributed by atoms with van der Waals surface area (Å²) in [6.45, 7) is 10.5. The van der Waals surface area contributed by atoms with E-state index in [1.165, 1.54) is 19.3 Å². The zero-order valence-electron chi connectivity index (χ0n) is 20.0. The summed E-state index contributed by atoms with van der Waals surface area (Å²) in [5.41, 5.74) is 1.07. The van der Waals surface area contributed by atoms with Crippen LogP contribution >= 0.6 is 12.2 Å². The van der Waals surface area contributed by atoms with Crippen LogP contribution in [0.2, 0.25) is 0 Å². The first-order valence-electron chi connectivity index (χ1n) is 12.4. The topological polar surface area (TPSA) is 74.8 Å². The maximum atomic E-state index is 5.68. The van der Waals surface area contributed by atoms with E-state index < -0.39 is 0 Å². The maximum absolute atomic E-state index is 5.68. The zero-order chi connectivity index (χ0) is 23.5. The molecule has 2 atom stereocenters. The number of piperidine rings is 1. The second kappa shape index (κ2) is 10.2. The quantitative estimate of drug-likeness (QED) is 0.619. The average Bonchev–Trinajstić information content (AvgIpc) is 3.37. The molecule has 3 aliphatic heterocycles. The van der Waals surface area contributed by atoms with Crippen LogP contribution in [0.1, 0.15) is 38.7 Å². The van der Waals surface area contributed by atoms with Crippen molar-refractivity contribution in [1.82, 2.24) is 15.3 Å². The predicted molar refractivity (Wildman–Crippen MR) is 139 cm³/mol. The number of ether oxygens (including phenoxy) is 2. The first-order chi connectivity index (χ1) is 16.5. The second-order valence-electron chi connectivity index (χ2n) is 9.74. The van der Waals surface area contributed by atoms with Crippen molar-refractivity contribution in [3.63, 3.8) is 0 Å². The minimum Gasteiger partial charge on any atom is -0.486 e. The fourth-order valence-electron chi connectivity index (χ4n) is 5.12. The number of thiocarbonyl (C=S) groups is 1. The molecule has 0 unspecified atom stereocenters. The molecule has 9 heteroatoms. The van der Waals surface area contributed by atoms with Gasteiger partial charge in [0, 0.05) is 38.8 Å². The van der Waals surface area contributed by atoms with Crippen LogP contribution in [-0.4, -0.2) is 54.5 Å². The van der Waals surface area contributed by atoms with Gasteiger partial charge in [0.1, 0.15) is 24.8 Å². The molecule has 1 aromatic heterocycles. The molecule has 2 aromatic rings. The van der Waals surface area contributed by atoms with Gasteiger partial charge in [0.05, 0.1) is 0 Å². The summed E-state index contributed by atoms with van der Waals surface area (Å²) in [5, 5.41) is 7.00. The van der Waals surface area contributed by atoms with Crippen LogP contribution in [-0.2, 0) is 6.54 Å². The largest absolute Gasteiger partial charge is 0.486 e. The highest BCUT2D eigenvalue weighted by Gasteiger charge is 2.25. The molecule has 0 aliphatic carbocycles. The molecule has 0 bridgehead atoms. The lowest BCUT2D eigenvalue weighted by Crippen LogP contribution is -2.39. The predicted octanol–water partition coefficient (Wildman–Crippen LogP) is 3.82. The van der Waals surface area contributed by atoms with Crippen molar-refractivity contribution in [2.24, 2.45) is 11.8 Å². The number of hydrogen-bond donors (Lipinski definition) is 2. The molecular weight excluding hydrogens is 448 g/mol. The molecule has 1 aromatic carbocycles. The Bertz CT molecular complexity index is 1020. The van der Waals surface area contributed by atoms with Crippen LogP contribution in [0.5, 0.6) is 11.5 Å². The number of nitrogens with zero attached hydrogens (tertiary/aromatic N) is 4. The lowest BCUT2D eigenvalue weighted by Gasteiger charge is -2.36. The van der Waals surface area contributed by atoms with Crippen LogP contribution in [0.3, 0.4) is 0 Å². The molecule has 3 aliphatic rings. The molecule has 5 rings (SSSR count). The smallest absolute Gasteiger partial charge is 0.232 e. The van der Waals surface area contributed by atoms with Gasteiger partial charge in [-0.2, -0.15) is 9.97 Å². The summed E-state index contributed by atoms with van der Waals surface area (Å²) in [7, 11) is 0. The van der Waals surface area contributed by atoms with E-state index in [9.17, 15) is 0 Å². The van der Waals surface area contributed by atoms with Crippen molar-refractivity contribution in [1.29, 1.82) is 0 Å². The minimum atomic E-state index is 0.500. The van der Waals surface area contributed by atoms with Crippen molar-refractivity contribution in [3.8, 4) is 11.5 Å². The Labute approximate surface area is 207 Å². The lowest BCUT2D eigenvalue weighted by atomic mass is 9.92. The number of rotatable bonds is 5. The van der Waals surface area contributed by atoms with Gasteiger partial charge in [0.25, 0.3) is 0 Å². The summed E-state index contributed by atoms with van der Waals surface area (Å²) < 4.78 is 11.3. The normalized spacial score (nSPS) is 21.9. The number of benzene rings is 1.